The molecule has 0 atom stereocenters. The van der Waals surface area contributed by atoms with Crippen molar-refractivity contribution in [3.8, 4) is 0 Å². The molecule has 0 N–H and O–H groups in total. The summed E-state index contributed by atoms with van der Waals surface area (Å²) in [6.45, 7) is 4.65. The fourth-order valence-corrected chi connectivity index (χ4v) is 1.68. The number of hydrogen-bond donors (Lipinski definition) is 0. The van der Waals surface area contributed by atoms with Gasteiger partial charge in [0.05, 0.1) is 13.2 Å². The van der Waals surface area contributed by atoms with Gasteiger partial charge in [-0.3, -0.25) is 4.79 Å². The molecule has 5 heteroatoms. The first-order valence-corrected chi connectivity index (χ1v) is 5.05. The van der Waals surface area contributed by atoms with E-state index in [2.05, 4.69) is 9.88 Å². The average Bonchev–Trinajstić information content (AvgIpc) is 2.62. The third-order valence-corrected chi connectivity index (χ3v) is 2.51. The van der Waals surface area contributed by atoms with Crippen molar-refractivity contribution in [2.75, 3.05) is 31.2 Å². The molecule has 1 fully saturated rings. The lowest BCUT2D eigenvalue weighted by atomic mass is 10.3. The summed E-state index contributed by atoms with van der Waals surface area (Å²) in [6, 6.07) is 0. The maximum Gasteiger partial charge on any atom is 0.206 e. The Kier molecular flexibility index (Phi) is 2.73. The van der Waals surface area contributed by atoms with Crippen LogP contribution in [0.3, 0.4) is 0 Å². The summed E-state index contributed by atoms with van der Waals surface area (Å²) < 4.78 is 7.16. The Morgan fingerprint density at radius 3 is 2.67 bits per heavy atom. The summed E-state index contributed by atoms with van der Waals surface area (Å²) in [5.41, 5.74) is 0.527. The lowest BCUT2D eigenvalue weighted by Crippen LogP contribution is -2.37. The maximum atomic E-state index is 11.2. The minimum atomic E-state index is 0.00473. The van der Waals surface area contributed by atoms with E-state index < -0.39 is 0 Å². The Labute approximate surface area is 88.7 Å². The molecule has 1 aliphatic rings. The summed E-state index contributed by atoms with van der Waals surface area (Å²) in [5, 5.41) is 0. The van der Waals surface area contributed by atoms with Gasteiger partial charge in [-0.25, -0.2) is 4.98 Å². The minimum absolute atomic E-state index is 0.00473. The predicted octanol–water partition coefficient (Wildman–Crippen LogP) is 0.459. The molecule has 0 radical (unpaired) electrons. The molecular formula is C10H15N3O2. The van der Waals surface area contributed by atoms with Gasteiger partial charge in [-0.05, 0) is 0 Å². The number of rotatable bonds is 2. The van der Waals surface area contributed by atoms with Gasteiger partial charge in [0.2, 0.25) is 5.95 Å². The Bertz CT molecular complexity index is 367. The number of Topliss-reactive ketones (excluding diaryl/α,β-unsaturated/α-hetero) is 1. The number of nitrogens with zero attached hydrogens (tertiary/aromatic N) is 3. The van der Waals surface area contributed by atoms with E-state index in [9.17, 15) is 4.79 Å². The standard InChI is InChI=1S/C10H15N3O2/c1-8(14)9-7-12(2)10(11-9)13-3-5-15-6-4-13/h7H,3-6H2,1-2H3. The Hall–Kier alpha value is -1.36. The number of aryl methyl sites for hydroxylation is 1. The molecule has 1 aliphatic heterocycles. The molecule has 82 valence electrons. The van der Waals surface area contributed by atoms with Crippen LogP contribution in [-0.2, 0) is 11.8 Å². The first kappa shape index (κ1) is 10.2. The molecule has 0 spiro atoms. The van der Waals surface area contributed by atoms with Crippen molar-refractivity contribution in [3.05, 3.63) is 11.9 Å². The zero-order valence-corrected chi connectivity index (χ0v) is 9.06. The van der Waals surface area contributed by atoms with E-state index in [1.54, 1.807) is 6.20 Å². The zero-order chi connectivity index (χ0) is 10.8. The van der Waals surface area contributed by atoms with Crippen molar-refractivity contribution < 1.29 is 9.53 Å². The number of anilines is 1. The SMILES string of the molecule is CC(=O)c1cn(C)c(N2CCOCC2)n1. The van der Waals surface area contributed by atoms with Crippen molar-refractivity contribution in [1.82, 2.24) is 9.55 Å². The van der Waals surface area contributed by atoms with Crippen LogP contribution in [0.25, 0.3) is 0 Å². The highest BCUT2D eigenvalue weighted by atomic mass is 16.5. The number of ketones is 1. The third-order valence-electron chi connectivity index (χ3n) is 2.51. The van der Waals surface area contributed by atoms with Crippen molar-refractivity contribution in [1.29, 1.82) is 0 Å². The largest absolute Gasteiger partial charge is 0.378 e. The number of morpholine rings is 1. The first-order valence-electron chi connectivity index (χ1n) is 5.05. The summed E-state index contributed by atoms with van der Waals surface area (Å²) in [7, 11) is 1.91. The smallest absolute Gasteiger partial charge is 0.206 e. The van der Waals surface area contributed by atoms with E-state index in [4.69, 9.17) is 4.74 Å². The molecule has 0 bridgehead atoms. The molecule has 1 aromatic rings. The second-order valence-electron chi connectivity index (χ2n) is 3.69. The molecule has 0 amide bonds. The van der Waals surface area contributed by atoms with Gasteiger partial charge in [-0.1, -0.05) is 0 Å². The van der Waals surface area contributed by atoms with E-state index in [1.807, 2.05) is 11.6 Å². The van der Waals surface area contributed by atoms with Crippen molar-refractivity contribution in [3.63, 3.8) is 0 Å². The topological polar surface area (TPSA) is 47.4 Å². The third kappa shape index (κ3) is 2.02. The molecule has 1 saturated heterocycles. The van der Waals surface area contributed by atoms with Gasteiger partial charge in [0, 0.05) is 33.3 Å². The lowest BCUT2D eigenvalue weighted by Gasteiger charge is -2.27. The number of carbonyl (C=O) groups is 1. The van der Waals surface area contributed by atoms with Gasteiger partial charge in [0.1, 0.15) is 5.69 Å². The second kappa shape index (κ2) is 4.02. The minimum Gasteiger partial charge on any atom is -0.378 e. The summed E-state index contributed by atoms with van der Waals surface area (Å²) in [6.07, 6.45) is 1.77. The van der Waals surface area contributed by atoms with Gasteiger partial charge in [-0.15, -0.1) is 0 Å². The highest BCUT2D eigenvalue weighted by Gasteiger charge is 2.17. The summed E-state index contributed by atoms with van der Waals surface area (Å²) in [5.74, 6) is 0.855. The van der Waals surface area contributed by atoms with E-state index in [1.165, 1.54) is 6.92 Å². The second-order valence-corrected chi connectivity index (χ2v) is 3.69. The van der Waals surface area contributed by atoms with Crippen LogP contribution in [0.1, 0.15) is 17.4 Å². The Balaban J connectivity index is 2.22. The van der Waals surface area contributed by atoms with Crippen LogP contribution < -0.4 is 4.90 Å². The number of aromatic nitrogens is 2. The molecule has 2 heterocycles. The number of hydrogen-bond acceptors (Lipinski definition) is 4. The van der Waals surface area contributed by atoms with Crippen LogP contribution in [0.2, 0.25) is 0 Å². The maximum absolute atomic E-state index is 11.2. The Morgan fingerprint density at radius 1 is 1.47 bits per heavy atom. The number of carbonyl (C=O) groups excluding carboxylic acids is 1. The number of imidazole rings is 1. The monoisotopic (exact) mass is 209 g/mol. The quantitative estimate of drug-likeness (QED) is 0.664. The molecule has 2 rings (SSSR count). The molecule has 0 saturated carbocycles. The van der Waals surface area contributed by atoms with Crippen LogP contribution in [0, 0.1) is 0 Å². The molecular weight excluding hydrogens is 194 g/mol. The molecule has 0 unspecified atom stereocenters. The highest BCUT2D eigenvalue weighted by Crippen LogP contribution is 2.14. The lowest BCUT2D eigenvalue weighted by molar-refractivity contribution is 0.101. The molecule has 0 aliphatic carbocycles. The molecule has 5 nitrogen and oxygen atoms in total. The van der Waals surface area contributed by atoms with Gasteiger partial charge >= 0.3 is 0 Å². The fraction of sp³-hybridized carbons (Fsp3) is 0.600. The van der Waals surface area contributed by atoms with Gasteiger partial charge in [0.25, 0.3) is 0 Å². The van der Waals surface area contributed by atoms with Crippen LogP contribution in [0.5, 0.6) is 0 Å². The van der Waals surface area contributed by atoms with E-state index >= 15 is 0 Å². The fourth-order valence-electron chi connectivity index (χ4n) is 1.68. The molecule has 0 aromatic carbocycles. The van der Waals surface area contributed by atoms with E-state index in [-0.39, 0.29) is 5.78 Å². The van der Waals surface area contributed by atoms with E-state index in [0.717, 1.165) is 32.3 Å². The van der Waals surface area contributed by atoms with Gasteiger partial charge < -0.3 is 14.2 Å². The van der Waals surface area contributed by atoms with Crippen LogP contribution in [-0.4, -0.2) is 41.6 Å². The normalized spacial score (nSPS) is 16.8. The molecule has 15 heavy (non-hydrogen) atoms. The van der Waals surface area contributed by atoms with Gasteiger partial charge in [-0.2, -0.15) is 0 Å². The van der Waals surface area contributed by atoms with Gasteiger partial charge in [0.15, 0.2) is 5.78 Å². The highest BCUT2D eigenvalue weighted by molar-refractivity contribution is 5.92. The summed E-state index contributed by atoms with van der Waals surface area (Å²) in [4.78, 5) is 17.6. The molecule has 1 aromatic heterocycles. The average molecular weight is 209 g/mol. The Morgan fingerprint density at radius 2 is 2.13 bits per heavy atom. The van der Waals surface area contributed by atoms with Crippen molar-refractivity contribution in [2.24, 2.45) is 7.05 Å². The zero-order valence-electron chi connectivity index (χ0n) is 9.06. The summed E-state index contributed by atoms with van der Waals surface area (Å²) >= 11 is 0. The van der Waals surface area contributed by atoms with E-state index in [0.29, 0.717) is 5.69 Å². The van der Waals surface area contributed by atoms with Crippen molar-refractivity contribution in [2.45, 2.75) is 6.92 Å². The van der Waals surface area contributed by atoms with Crippen LogP contribution >= 0.6 is 0 Å². The number of ether oxygens (including phenoxy) is 1. The first-order chi connectivity index (χ1) is 7.18. The van der Waals surface area contributed by atoms with Crippen LogP contribution in [0.4, 0.5) is 5.95 Å². The van der Waals surface area contributed by atoms with Crippen LogP contribution in [0.15, 0.2) is 6.20 Å². The predicted molar refractivity (Wildman–Crippen MR) is 56.2 cm³/mol. The van der Waals surface area contributed by atoms with Crippen molar-refractivity contribution >= 4 is 11.7 Å².